The highest BCUT2D eigenvalue weighted by Crippen LogP contribution is 2.31. The highest BCUT2D eigenvalue weighted by Gasteiger charge is 2.25. The van der Waals surface area contributed by atoms with Crippen LogP contribution in [0, 0.1) is 0 Å². The fourth-order valence-corrected chi connectivity index (χ4v) is 2.82. The summed E-state index contributed by atoms with van der Waals surface area (Å²) < 4.78 is 2.02. The minimum absolute atomic E-state index is 0.265. The average Bonchev–Trinajstić information content (AvgIpc) is 3.01. The van der Waals surface area contributed by atoms with Gasteiger partial charge < -0.3 is 10.0 Å². The van der Waals surface area contributed by atoms with E-state index in [1.54, 1.807) is 6.20 Å². The topological polar surface area (TPSA) is 54.2 Å². The second-order valence-electron chi connectivity index (χ2n) is 5.44. The minimum atomic E-state index is -0.265. The molecule has 5 nitrogen and oxygen atoms in total. The van der Waals surface area contributed by atoms with Crippen LogP contribution in [0.25, 0.3) is 10.9 Å². The summed E-state index contributed by atoms with van der Waals surface area (Å²) in [7, 11) is 0. The predicted octanol–water partition coefficient (Wildman–Crippen LogP) is 2.63. The summed E-state index contributed by atoms with van der Waals surface area (Å²) in [4.78, 5) is 6.31. The largest absolute Gasteiger partial charge is 0.391 e. The summed E-state index contributed by atoms with van der Waals surface area (Å²) in [5.41, 5.74) is 1.01. The second-order valence-corrected chi connectivity index (χ2v) is 5.83. The lowest BCUT2D eigenvalue weighted by Crippen LogP contribution is -2.22. The van der Waals surface area contributed by atoms with Crippen molar-refractivity contribution in [2.75, 3.05) is 18.0 Å². The first kappa shape index (κ1) is 13.6. The second kappa shape index (κ2) is 5.22. The summed E-state index contributed by atoms with van der Waals surface area (Å²) in [6, 6.07) is 2.17. The van der Waals surface area contributed by atoms with Crippen LogP contribution in [0.15, 0.2) is 12.3 Å². The number of pyridine rings is 1. The Balaban J connectivity index is 2.12. The van der Waals surface area contributed by atoms with Gasteiger partial charge in [-0.2, -0.15) is 5.10 Å². The van der Waals surface area contributed by atoms with Gasteiger partial charge in [0.25, 0.3) is 0 Å². The molecule has 2 aromatic rings. The van der Waals surface area contributed by atoms with E-state index in [1.807, 2.05) is 10.7 Å². The quantitative estimate of drug-likeness (QED) is 0.884. The van der Waals surface area contributed by atoms with Crippen LogP contribution in [-0.4, -0.2) is 39.1 Å². The molecule has 3 rings (SSSR count). The molecule has 0 bridgehead atoms. The Morgan fingerprint density at radius 1 is 1.55 bits per heavy atom. The Bertz CT molecular complexity index is 627. The monoisotopic (exact) mass is 294 g/mol. The van der Waals surface area contributed by atoms with Crippen LogP contribution in [0.3, 0.4) is 0 Å². The van der Waals surface area contributed by atoms with E-state index in [2.05, 4.69) is 23.7 Å². The van der Waals surface area contributed by atoms with Crippen LogP contribution in [0.4, 0.5) is 5.82 Å². The number of hydrogen-bond donors (Lipinski definition) is 1. The zero-order valence-electron chi connectivity index (χ0n) is 11.8. The van der Waals surface area contributed by atoms with Crippen molar-refractivity contribution in [2.24, 2.45) is 0 Å². The Morgan fingerprint density at radius 2 is 2.35 bits per heavy atom. The lowest BCUT2D eigenvalue weighted by Gasteiger charge is -2.15. The first-order valence-electron chi connectivity index (χ1n) is 7.07. The standard InChI is InChI=1S/C14H19ClN4O/c1-3-9(2)19-12-6-13(15)16-7-11(12)14(17-19)18-5-4-10(20)8-18/h6-7,9-10,20H,3-5,8H2,1-2H3/t9-,10+/m0/s1. The molecule has 2 aromatic heterocycles. The lowest BCUT2D eigenvalue weighted by atomic mass is 10.2. The summed E-state index contributed by atoms with van der Waals surface area (Å²) in [6.45, 7) is 5.75. The smallest absolute Gasteiger partial charge is 0.160 e. The number of nitrogens with zero attached hydrogens (tertiary/aromatic N) is 4. The summed E-state index contributed by atoms with van der Waals surface area (Å²) in [6.07, 6.45) is 3.31. The van der Waals surface area contributed by atoms with E-state index in [0.29, 0.717) is 17.7 Å². The van der Waals surface area contributed by atoms with Crippen molar-refractivity contribution in [3.05, 3.63) is 17.4 Å². The Hall–Kier alpha value is -1.33. The third-order valence-electron chi connectivity index (χ3n) is 4.01. The van der Waals surface area contributed by atoms with E-state index in [9.17, 15) is 5.11 Å². The number of rotatable bonds is 3. The molecule has 0 amide bonds. The number of aliphatic hydroxyl groups excluding tert-OH is 1. The minimum Gasteiger partial charge on any atom is -0.391 e. The zero-order valence-corrected chi connectivity index (χ0v) is 12.5. The molecule has 2 atom stereocenters. The summed E-state index contributed by atoms with van der Waals surface area (Å²) in [5, 5.41) is 16.0. The SMILES string of the molecule is CC[C@H](C)n1nc(N2CC[C@@H](O)C2)c2cnc(Cl)cc21. The van der Waals surface area contributed by atoms with Gasteiger partial charge in [-0.3, -0.25) is 4.68 Å². The highest BCUT2D eigenvalue weighted by molar-refractivity contribution is 6.30. The number of aromatic nitrogens is 3. The van der Waals surface area contributed by atoms with Gasteiger partial charge in [0.1, 0.15) is 5.15 Å². The summed E-state index contributed by atoms with van der Waals surface area (Å²) >= 11 is 6.02. The fourth-order valence-electron chi connectivity index (χ4n) is 2.67. The molecule has 0 unspecified atom stereocenters. The number of anilines is 1. The highest BCUT2D eigenvalue weighted by atomic mass is 35.5. The molecule has 0 aliphatic carbocycles. The van der Waals surface area contributed by atoms with E-state index in [0.717, 1.165) is 36.1 Å². The number of β-amino-alcohol motifs (C(OH)–C–C–N with tert-alkyl or cyclic N) is 1. The van der Waals surface area contributed by atoms with Crippen molar-refractivity contribution in [1.82, 2.24) is 14.8 Å². The van der Waals surface area contributed by atoms with Crippen molar-refractivity contribution in [3.63, 3.8) is 0 Å². The van der Waals surface area contributed by atoms with E-state index >= 15 is 0 Å². The van der Waals surface area contributed by atoms with Crippen LogP contribution in [0.2, 0.25) is 5.15 Å². The number of hydrogen-bond acceptors (Lipinski definition) is 4. The molecule has 0 saturated carbocycles. The van der Waals surface area contributed by atoms with Gasteiger partial charge in [-0.05, 0) is 19.8 Å². The van der Waals surface area contributed by atoms with Crippen LogP contribution < -0.4 is 4.90 Å². The fraction of sp³-hybridized carbons (Fsp3) is 0.571. The Morgan fingerprint density at radius 3 is 3.00 bits per heavy atom. The van der Waals surface area contributed by atoms with Gasteiger partial charge in [0.2, 0.25) is 0 Å². The van der Waals surface area contributed by atoms with Gasteiger partial charge >= 0.3 is 0 Å². The van der Waals surface area contributed by atoms with Gasteiger partial charge in [-0.1, -0.05) is 18.5 Å². The third kappa shape index (κ3) is 2.25. The molecule has 6 heteroatoms. The third-order valence-corrected chi connectivity index (χ3v) is 4.22. The zero-order chi connectivity index (χ0) is 14.3. The van der Waals surface area contributed by atoms with E-state index < -0.39 is 0 Å². The summed E-state index contributed by atoms with van der Waals surface area (Å²) in [5.74, 6) is 0.904. The normalized spacial score (nSPS) is 20.8. The molecule has 108 valence electrons. The average molecular weight is 295 g/mol. The van der Waals surface area contributed by atoms with Crippen molar-refractivity contribution in [3.8, 4) is 0 Å². The van der Waals surface area contributed by atoms with Crippen molar-refractivity contribution in [2.45, 2.75) is 38.8 Å². The van der Waals surface area contributed by atoms with E-state index in [-0.39, 0.29) is 6.10 Å². The molecule has 1 aliphatic rings. The molecule has 1 N–H and O–H groups in total. The van der Waals surface area contributed by atoms with E-state index in [4.69, 9.17) is 16.7 Å². The molecule has 3 heterocycles. The van der Waals surface area contributed by atoms with Crippen molar-refractivity contribution >= 4 is 28.3 Å². The molecule has 1 saturated heterocycles. The number of halogens is 1. The molecular formula is C14H19ClN4O. The van der Waals surface area contributed by atoms with Gasteiger partial charge in [-0.15, -0.1) is 0 Å². The predicted molar refractivity (Wildman–Crippen MR) is 80.4 cm³/mol. The first-order chi connectivity index (χ1) is 9.60. The first-order valence-corrected chi connectivity index (χ1v) is 7.44. The molecule has 0 aromatic carbocycles. The van der Waals surface area contributed by atoms with Crippen LogP contribution >= 0.6 is 11.6 Å². The van der Waals surface area contributed by atoms with Gasteiger partial charge in [0.05, 0.1) is 17.0 Å². The molecule has 1 fully saturated rings. The Labute approximate surface area is 123 Å². The van der Waals surface area contributed by atoms with Gasteiger partial charge in [0, 0.05) is 31.4 Å². The molecule has 20 heavy (non-hydrogen) atoms. The van der Waals surface area contributed by atoms with Gasteiger partial charge in [-0.25, -0.2) is 4.98 Å². The molecule has 0 radical (unpaired) electrons. The van der Waals surface area contributed by atoms with Crippen molar-refractivity contribution < 1.29 is 5.11 Å². The molecule has 0 spiro atoms. The van der Waals surface area contributed by atoms with Crippen LogP contribution in [-0.2, 0) is 0 Å². The number of fused-ring (bicyclic) bond motifs is 1. The van der Waals surface area contributed by atoms with Crippen LogP contribution in [0.5, 0.6) is 0 Å². The van der Waals surface area contributed by atoms with E-state index in [1.165, 1.54) is 0 Å². The van der Waals surface area contributed by atoms with Crippen LogP contribution in [0.1, 0.15) is 32.7 Å². The molecule has 1 aliphatic heterocycles. The number of aliphatic hydroxyl groups is 1. The maximum absolute atomic E-state index is 9.73. The van der Waals surface area contributed by atoms with Crippen molar-refractivity contribution in [1.29, 1.82) is 0 Å². The molecular weight excluding hydrogens is 276 g/mol. The van der Waals surface area contributed by atoms with Gasteiger partial charge in [0.15, 0.2) is 5.82 Å². The lowest BCUT2D eigenvalue weighted by molar-refractivity contribution is 0.198. The Kier molecular flexibility index (Phi) is 3.56. The maximum Gasteiger partial charge on any atom is 0.160 e. The maximum atomic E-state index is 9.73.